The molecular formula is C15H20N2O3. The number of carboxylic acids is 1. The van der Waals surface area contributed by atoms with Gasteiger partial charge in [0.15, 0.2) is 0 Å². The molecule has 2 amide bonds. The second-order valence-corrected chi connectivity index (χ2v) is 4.67. The molecule has 0 fully saturated rings. The smallest absolute Gasteiger partial charge is 0.318 e. The molecule has 5 nitrogen and oxygen atoms in total. The number of urea groups is 1. The highest BCUT2D eigenvalue weighted by Crippen LogP contribution is 2.06. The van der Waals surface area contributed by atoms with Crippen LogP contribution in [0.15, 0.2) is 42.5 Å². The summed E-state index contributed by atoms with van der Waals surface area (Å²) in [5.74, 6) is -0.931. The third-order valence-corrected chi connectivity index (χ3v) is 2.58. The Labute approximate surface area is 118 Å². The second-order valence-electron chi connectivity index (χ2n) is 4.67. The fourth-order valence-electron chi connectivity index (χ4n) is 1.72. The van der Waals surface area contributed by atoms with E-state index in [1.165, 1.54) is 0 Å². The average Bonchev–Trinajstić information content (AvgIpc) is 2.38. The SMILES string of the molecule is C=C(C)CN(Cc1ccccc1)C(=O)NCCC(=O)O. The molecule has 108 valence electrons. The Kier molecular flexibility index (Phi) is 6.29. The summed E-state index contributed by atoms with van der Waals surface area (Å²) >= 11 is 0. The van der Waals surface area contributed by atoms with Crippen LogP contribution >= 0.6 is 0 Å². The number of amides is 2. The molecule has 0 bridgehead atoms. The van der Waals surface area contributed by atoms with Gasteiger partial charge in [-0.3, -0.25) is 4.79 Å². The number of carbonyl (C=O) groups excluding carboxylic acids is 1. The number of hydrogen-bond donors (Lipinski definition) is 2. The molecule has 0 saturated heterocycles. The van der Waals surface area contributed by atoms with Crippen LogP contribution in [0.4, 0.5) is 4.79 Å². The minimum Gasteiger partial charge on any atom is -0.481 e. The third-order valence-electron chi connectivity index (χ3n) is 2.58. The maximum atomic E-state index is 12.0. The summed E-state index contributed by atoms with van der Waals surface area (Å²) < 4.78 is 0. The predicted octanol–water partition coefficient (Wildman–Crippen LogP) is 2.25. The van der Waals surface area contributed by atoms with Crippen molar-refractivity contribution in [2.24, 2.45) is 0 Å². The van der Waals surface area contributed by atoms with Crippen LogP contribution in [0.1, 0.15) is 18.9 Å². The lowest BCUT2D eigenvalue weighted by atomic mass is 10.2. The molecule has 0 radical (unpaired) electrons. The Hall–Kier alpha value is -2.30. The predicted molar refractivity (Wildman–Crippen MR) is 77.3 cm³/mol. The monoisotopic (exact) mass is 276 g/mol. The second kappa shape index (κ2) is 7.99. The number of hydrogen-bond acceptors (Lipinski definition) is 2. The highest BCUT2D eigenvalue weighted by Gasteiger charge is 2.13. The van der Waals surface area contributed by atoms with E-state index in [9.17, 15) is 9.59 Å². The normalized spacial score (nSPS) is 9.85. The molecule has 0 spiro atoms. The van der Waals surface area contributed by atoms with E-state index in [1.54, 1.807) is 4.90 Å². The fourth-order valence-corrected chi connectivity index (χ4v) is 1.72. The van der Waals surface area contributed by atoms with Gasteiger partial charge >= 0.3 is 12.0 Å². The van der Waals surface area contributed by atoms with Gasteiger partial charge < -0.3 is 15.3 Å². The largest absolute Gasteiger partial charge is 0.481 e. The molecule has 0 atom stereocenters. The third kappa shape index (κ3) is 6.04. The molecule has 5 heteroatoms. The first-order valence-corrected chi connectivity index (χ1v) is 6.42. The fraction of sp³-hybridized carbons (Fsp3) is 0.333. The highest BCUT2D eigenvalue weighted by atomic mass is 16.4. The Morgan fingerprint density at radius 3 is 2.50 bits per heavy atom. The lowest BCUT2D eigenvalue weighted by molar-refractivity contribution is -0.136. The molecule has 0 heterocycles. The van der Waals surface area contributed by atoms with Crippen molar-refractivity contribution in [2.45, 2.75) is 19.9 Å². The molecule has 1 aromatic rings. The van der Waals surface area contributed by atoms with Gasteiger partial charge in [0.25, 0.3) is 0 Å². The van der Waals surface area contributed by atoms with Gasteiger partial charge in [0, 0.05) is 19.6 Å². The van der Waals surface area contributed by atoms with Crippen molar-refractivity contribution in [3.05, 3.63) is 48.0 Å². The van der Waals surface area contributed by atoms with Gasteiger partial charge in [-0.05, 0) is 12.5 Å². The maximum Gasteiger partial charge on any atom is 0.318 e. The highest BCUT2D eigenvalue weighted by molar-refractivity contribution is 5.75. The van der Waals surface area contributed by atoms with E-state index >= 15 is 0 Å². The van der Waals surface area contributed by atoms with Gasteiger partial charge in [-0.2, -0.15) is 0 Å². The molecule has 1 aromatic carbocycles. The average molecular weight is 276 g/mol. The molecular weight excluding hydrogens is 256 g/mol. The first kappa shape index (κ1) is 15.8. The summed E-state index contributed by atoms with van der Waals surface area (Å²) in [5.41, 5.74) is 1.89. The zero-order valence-electron chi connectivity index (χ0n) is 11.6. The van der Waals surface area contributed by atoms with E-state index in [-0.39, 0.29) is 19.0 Å². The van der Waals surface area contributed by atoms with Crippen molar-refractivity contribution in [3.8, 4) is 0 Å². The molecule has 0 unspecified atom stereocenters. The Balaban J connectivity index is 2.61. The van der Waals surface area contributed by atoms with Crippen molar-refractivity contribution in [1.29, 1.82) is 0 Å². The zero-order valence-corrected chi connectivity index (χ0v) is 11.6. The van der Waals surface area contributed by atoms with Gasteiger partial charge in [-0.25, -0.2) is 4.79 Å². The number of carbonyl (C=O) groups is 2. The summed E-state index contributed by atoms with van der Waals surface area (Å²) in [6.07, 6.45) is -0.0853. The molecule has 0 saturated carbocycles. The van der Waals surface area contributed by atoms with Crippen molar-refractivity contribution >= 4 is 12.0 Å². The molecule has 2 N–H and O–H groups in total. The number of nitrogens with zero attached hydrogens (tertiary/aromatic N) is 1. The standard InChI is InChI=1S/C15H20N2O3/c1-12(2)10-17(11-13-6-4-3-5-7-13)15(20)16-9-8-14(18)19/h3-7H,1,8-11H2,2H3,(H,16,20)(H,18,19). The van der Waals surface area contributed by atoms with Crippen LogP contribution in [-0.4, -0.2) is 35.1 Å². The summed E-state index contributed by atoms with van der Waals surface area (Å²) in [7, 11) is 0. The number of nitrogens with one attached hydrogen (secondary N) is 1. The Bertz CT molecular complexity index is 471. The van der Waals surface area contributed by atoms with Crippen LogP contribution in [0.2, 0.25) is 0 Å². The van der Waals surface area contributed by atoms with Crippen molar-refractivity contribution in [2.75, 3.05) is 13.1 Å². The van der Waals surface area contributed by atoms with Crippen LogP contribution in [0, 0.1) is 0 Å². The van der Waals surface area contributed by atoms with Crippen molar-refractivity contribution < 1.29 is 14.7 Å². The lowest BCUT2D eigenvalue weighted by Gasteiger charge is -2.23. The van der Waals surface area contributed by atoms with E-state index < -0.39 is 5.97 Å². The van der Waals surface area contributed by atoms with Crippen molar-refractivity contribution in [1.82, 2.24) is 10.2 Å². The van der Waals surface area contributed by atoms with Crippen LogP contribution in [-0.2, 0) is 11.3 Å². The van der Waals surface area contributed by atoms with Crippen LogP contribution < -0.4 is 5.32 Å². The number of benzene rings is 1. The molecule has 0 aliphatic heterocycles. The first-order valence-electron chi connectivity index (χ1n) is 6.42. The molecule has 1 rings (SSSR count). The van der Waals surface area contributed by atoms with Crippen LogP contribution in [0.25, 0.3) is 0 Å². The minimum atomic E-state index is -0.931. The number of carboxylic acid groups (broad SMARTS) is 1. The minimum absolute atomic E-state index is 0.0853. The van der Waals surface area contributed by atoms with E-state index in [4.69, 9.17) is 5.11 Å². The first-order chi connectivity index (χ1) is 9.49. The van der Waals surface area contributed by atoms with Crippen molar-refractivity contribution in [3.63, 3.8) is 0 Å². The summed E-state index contributed by atoms with van der Waals surface area (Å²) in [5, 5.41) is 11.2. The van der Waals surface area contributed by atoms with Crippen LogP contribution in [0.3, 0.4) is 0 Å². The summed E-state index contributed by atoms with van der Waals surface area (Å²) in [6.45, 7) is 6.69. The number of rotatable bonds is 7. The maximum absolute atomic E-state index is 12.0. The molecule has 0 aliphatic rings. The van der Waals surface area contributed by atoms with Gasteiger partial charge in [0.05, 0.1) is 6.42 Å². The van der Waals surface area contributed by atoms with Gasteiger partial charge in [0.2, 0.25) is 0 Å². The van der Waals surface area contributed by atoms with Crippen LogP contribution in [0.5, 0.6) is 0 Å². The van der Waals surface area contributed by atoms with Gasteiger partial charge in [-0.1, -0.05) is 42.5 Å². The lowest BCUT2D eigenvalue weighted by Crippen LogP contribution is -2.41. The van der Waals surface area contributed by atoms with E-state index in [2.05, 4.69) is 11.9 Å². The van der Waals surface area contributed by atoms with E-state index in [0.717, 1.165) is 11.1 Å². The quantitative estimate of drug-likeness (QED) is 0.750. The molecule has 20 heavy (non-hydrogen) atoms. The summed E-state index contributed by atoms with van der Waals surface area (Å²) in [6, 6.07) is 9.34. The number of aliphatic carboxylic acids is 1. The topological polar surface area (TPSA) is 69.6 Å². The Morgan fingerprint density at radius 2 is 1.95 bits per heavy atom. The Morgan fingerprint density at radius 1 is 1.30 bits per heavy atom. The zero-order chi connectivity index (χ0) is 15.0. The van der Waals surface area contributed by atoms with Gasteiger partial charge in [0.1, 0.15) is 0 Å². The molecule has 0 aromatic heterocycles. The summed E-state index contributed by atoms with van der Waals surface area (Å²) in [4.78, 5) is 24.1. The van der Waals surface area contributed by atoms with Gasteiger partial charge in [-0.15, -0.1) is 0 Å². The molecule has 0 aliphatic carbocycles. The van der Waals surface area contributed by atoms with E-state index in [1.807, 2.05) is 37.3 Å². The van der Waals surface area contributed by atoms with E-state index in [0.29, 0.717) is 13.1 Å².